The number of allylic oxidation sites excluding steroid dienone is 2. The number of nitrogens with zero attached hydrogens (tertiary/aromatic N) is 1. The van der Waals surface area contributed by atoms with Gasteiger partial charge >= 0.3 is 5.97 Å². The van der Waals surface area contributed by atoms with Crippen molar-refractivity contribution < 1.29 is 14.7 Å². The average molecular weight is 769 g/mol. The van der Waals surface area contributed by atoms with Crippen molar-refractivity contribution in [3.63, 3.8) is 0 Å². The summed E-state index contributed by atoms with van der Waals surface area (Å²) >= 11 is 1.25. The summed E-state index contributed by atoms with van der Waals surface area (Å²) in [5.74, 6) is 2.19. The maximum Gasteiger partial charge on any atom is 0.335 e. The molecule has 0 spiro atoms. The van der Waals surface area contributed by atoms with Crippen LogP contribution < -0.4 is 4.72 Å². The molecule has 7 heteroatoms. The monoisotopic (exact) mass is 769 g/mol. The van der Waals surface area contributed by atoms with Crippen LogP contribution in [0.25, 0.3) is 5.57 Å². The number of carbonyl (C=O) groups is 2. The van der Waals surface area contributed by atoms with Gasteiger partial charge in [0.25, 0.3) is 0 Å². The van der Waals surface area contributed by atoms with Gasteiger partial charge in [0.05, 0.1) is 5.56 Å². The van der Waals surface area contributed by atoms with E-state index in [0.717, 1.165) is 16.4 Å². The first-order valence-electron chi connectivity index (χ1n) is 19.6. The lowest BCUT2D eigenvalue weighted by Gasteiger charge is -2.72. The molecular formula is C46H76N2O3S2. The molecule has 5 nitrogen and oxygen atoms in total. The second-order valence-corrected chi connectivity index (χ2v) is 21.2. The van der Waals surface area contributed by atoms with E-state index in [-0.39, 0.29) is 5.41 Å². The molecule has 2 aliphatic heterocycles. The van der Waals surface area contributed by atoms with E-state index < -0.39 is 16.0 Å². The molecule has 300 valence electrons. The number of nitrogens with one attached hydrogen (secondary N) is 1. The van der Waals surface area contributed by atoms with Crippen molar-refractivity contribution in [1.82, 2.24) is 9.03 Å². The van der Waals surface area contributed by atoms with Gasteiger partial charge in [0, 0.05) is 12.1 Å². The number of carboxylic acids is 1. The highest BCUT2D eigenvalue weighted by Crippen LogP contribution is 2.79. The quantitative estimate of drug-likeness (QED) is 0.135. The number of hydrogen-bond donors (Lipinski definition) is 2. The molecule has 2 heterocycles. The van der Waals surface area contributed by atoms with Crippen molar-refractivity contribution in [3.8, 4) is 25.7 Å². The summed E-state index contributed by atoms with van der Waals surface area (Å²) in [4.78, 5) is 20.9. The fourth-order valence-corrected chi connectivity index (χ4v) is 18.0. The van der Waals surface area contributed by atoms with Crippen LogP contribution in [0.1, 0.15) is 136 Å². The molecule has 2 saturated carbocycles. The molecule has 0 aromatic heterocycles. The summed E-state index contributed by atoms with van der Waals surface area (Å²) in [6, 6.07) is 7.65. The van der Waals surface area contributed by atoms with Crippen LogP contribution in [0.2, 0.25) is 0 Å². The molecule has 2 saturated heterocycles. The Balaban J connectivity index is 0.00000137. The molecule has 5 aliphatic rings. The SMILES string of the molecule is C#C.C#C.C=C.CC.CC.CC1(C)C(c2ccc(C(=O)O)cc2)=CC[C@@]2(C)C1CC[C@]1(C)C2CCS2(C)C3CCC[C@]3(C)CCC12.CN(C)SNC=O. The van der Waals surface area contributed by atoms with Crippen molar-refractivity contribution >= 4 is 40.1 Å². The number of hydrogen-bond acceptors (Lipinski definition) is 4. The molecule has 0 bridgehead atoms. The van der Waals surface area contributed by atoms with Gasteiger partial charge in [-0.3, -0.25) is 9.52 Å². The van der Waals surface area contributed by atoms with Gasteiger partial charge in [-0.1, -0.05) is 86.9 Å². The molecule has 53 heavy (non-hydrogen) atoms. The molecule has 5 unspecified atom stereocenters. The van der Waals surface area contributed by atoms with E-state index in [1.807, 2.05) is 53.9 Å². The number of benzene rings is 1. The number of terminal acetylenes is 2. The number of amides is 1. The Hall–Kier alpha value is -2.58. The zero-order chi connectivity index (χ0) is 41.4. The minimum atomic E-state index is -0.843. The maximum absolute atomic E-state index is 11.4. The van der Waals surface area contributed by atoms with Crippen LogP contribution in [0.3, 0.4) is 0 Å². The Labute approximate surface area is 333 Å². The van der Waals surface area contributed by atoms with E-state index in [9.17, 15) is 14.7 Å². The van der Waals surface area contributed by atoms with E-state index in [0.29, 0.717) is 34.1 Å². The van der Waals surface area contributed by atoms with Crippen LogP contribution in [0.5, 0.6) is 0 Å². The first-order valence-corrected chi connectivity index (χ1v) is 22.7. The highest BCUT2D eigenvalue weighted by molar-refractivity contribution is 8.34. The second kappa shape index (κ2) is 22.1. The largest absolute Gasteiger partial charge is 0.478 e. The molecule has 1 aromatic carbocycles. The van der Waals surface area contributed by atoms with Gasteiger partial charge in [-0.2, -0.15) is 0 Å². The number of carbonyl (C=O) groups excluding carboxylic acids is 1. The van der Waals surface area contributed by atoms with E-state index in [1.165, 1.54) is 86.8 Å². The normalized spacial score (nSPS) is 34.8. The summed E-state index contributed by atoms with van der Waals surface area (Å²) in [5, 5.41) is 11.4. The maximum atomic E-state index is 11.4. The highest BCUT2D eigenvalue weighted by Gasteiger charge is 2.66. The lowest BCUT2D eigenvalue weighted by atomic mass is 9.42. The minimum absolute atomic E-state index is 0.100. The fraction of sp³-hybridized carbons (Fsp3) is 0.652. The Morgan fingerprint density at radius 3 is 1.92 bits per heavy atom. The highest BCUT2D eigenvalue weighted by atomic mass is 32.3. The third-order valence-electron chi connectivity index (χ3n) is 13.2. The van der Waals surface area contributed by atoms with Crippen LogP contribution >= 0.6 is 22.2 Å². The van der Waals surface area contributed by atoms with Gasteiger partial charge in [0.15, 0.2) is 0 Å². The van der Waals surface area contributed by atoms with Gasteiger partial charge in [0.1, 0.15) is 0 Å². The second-order valence-electron chi connectivity index (χ2n) is 16.0. The van der Waals surface area contributed by atoms with E-state index in [1.54, 1.807) is 16.4 Å². The van der Waals surface area contributed by atoms with Crippen LogP contribution in [0.15, 0.2) is 43.5 Å². The zero-order valence-electron chi connectivity index (χ0n) is 35.6. The Kier molecular flexibility index (Phi) is 21.0. The first-order chi connectivity index (χ1) is 25.1. The molecule has 8 atom stereocenters. The smallest absolute Gasteiger partial charge is 0.335 e. The zero-order valence-corrected chi connectivity index (χ0v) is 37.2. The van der Waals surface area contributed by atoms with Gasteiger partial charge in [0.2, 0.25) is 6.41 Å². The molecule has 2 N–H and O–H groups in total. The third-order valence-corrected chi connectivity index (χ3v) is 19.1. The van der Waals surface area contributed by atoms with E-state index in [2.05, 4.69) is 90.5 Å². The molecule has 1 aromatic rings. The molecule has 4 fully saturated rings. The number of aromatic carboxylic acids is 1. The van der Waals surface area contributed by atoms with Gasteiger partial charge in [-0.25, -0.2) is 19.1 Å². The van der Waals surface area contributed by atoms with Crippen LogP contribution in [-0.2, 0) is 4.79 Å². The minimum Gasteiger partial charge on any atom is -0.478 e. The van der Waals surface area contributed by atoms with Crippen LogP contribution in [0.4, 0.5) is 0 Å². The lowest BCUT2D eigenvalue weighted by molar-refractivity contribution is -0.108. The number of rotatable bonds is 5. The van der Waals surface area contributed by atoms with Crippen molar-refractivity contribution in [3.05, 3.63) is 54.6 Å². The summed E-state index contributed by atoms with van der Waals surface area (Å²) in [6.45, 7) is 27.0. The summed E-state index contributed by atoms with van der Waals surface area (Å²) in [5.41, 5.74) is 4.64. The van der Waals surface area contributed by atoms with Gasteiger partial charge in [-0.05, 0) is 145 Å². The Morgan fingerprint density at radius 1 is 0.868 bits per heavy atom. The molecule has 1 amide bonds. The molecule has 6 rings (SSSR count). The van der Waals surface area contributed by atoms with Crippen LogP contribution in [-0.4, -0.2) is 58.4 Å². The molecular weight excluding hydrogens is 693 g/mol. The van der Waals surface area contributed by atoms with Crippen molar-refractivity contribution in [2.24, 2.45) is 33.5 Å². The molecule has 3 aliphatic carbocycles. The predicted molar refractivity (Wildman–Crippen MR) is 238 cm³/mol. The van der Waals surface area contributed by atoms with Crippen molar-refractivity contribution in [2.75, 3.05) is 26.1 Å². The lowest BCUT2D eigenvalue weighted by Crippen LogP contribution is -2.63. The first kappa shape index (κ1) is 50.4. The Bertz CT molecular complexity index is 1350. The summed E-state index contributed by atoms with van der Waals surface area (Å²) in [6.07, 6.45) is 34.8. The van der Waals surface area contributed by atoms with Gasteiger partial charge < -0.3 is 5.11 Å². The number of carboxylic acid groups (broad SMARTS) is 1. The summed E-state index contributed by atoms with van der Waals surface area (Å²) in [7, 11) is 3.13. The van der Waals surface area contributed by atoms with Crippen LogP contribution in [0, 0.1) is 59.2 Å². The Morgan fingerprint density at radius 2 is 1.43 bits per heavy atom. The summed E-state index contributed by atoms with van der Waals surface area (Å²) < 4.78 is 4.20. The van der Waals surface area contributed by atoms with Crippen molar-refractivity contribution in [1.29, 1.82) is 0 Å². The molecule has 0 radical (unpaired) electrons. The predicted octanol–water partition coefficient (Wildman–Crippen LogP) is 12.0. The van der Waals surface area contributed by atoms with Crippen molar-refractivity contribution in [2.45, 2.75) is 131 Å². The number of fused-ring (bicyclic) bond motifs is 7. The van der Waals surface area contributed by atoms with E-state index in [4.69, 9.17) is 0 Å². The fourth-order valence-electron chi connectivity index (χ4n) is 11.6. The topological polar surface area (TPSA) is 69.6 Å². The van der Waals surface area contributed by atoms with Gasteiger partial charge in [-0.15, -0.1) is 38.9 Å². The van der Waals surface area contributed by atoms with E-state index >= 15 is 0 Å². The third kappa shape index (κ3) is 10.2. The average Bonchev–Trinajstić information content (AvgIpc) is 3.58. The standard InChI is InChI=1S/C33H48O2S.C3H8N2OS.2C2H6.C2H4.2C2H2/c1-30(2)24(22-9-11-23(12-10-22)29(34)35)13-19-32(4)25(30)14-20-33(5)26(32)16-21-36(6)27-8-7-17-31(27,3)18-15-28(33)36;1-5(2)7-4-3-6;5*1-2/h9-13,25-28H,7-8,14-21H2,1-6H3,(H,34,35);3H,1-2H3,(H,4,6);2*1-2H3;1-2H2;2*1-2H/t25?,26?,27?,28?,31-,32+,33-;;;;;;/m1....../s1.